The van der Waals surface area contributed by atoms with Crippen molar-refractivity contribution in [2.45, 2.75) is 76.9 Å². The third-order valence-corrected chi connectivity index (χ3v) is 7.83. The van der Waals surface area contributed by atoms with E-state index >= 15 is 0 Å². The molecule has 39 heavy (non-hydrogen) atoms. The van der Waals surface area contributed by atoms with Crippen molar-refractivity contribution in [2.75, 3.05) is 0 Å². The van der Waals surface area contributed by atoms with Crippen LogP contribution in [-0.2, 0) is 14.3 Å². The van der Waals surface area contributed by atoms with E-state index in [1.165, 1.54) is 18.2 Å². The number of fused-ring (bicyclic) bond motifs is 6. The third kappa shape index (κ3) is 3.77. The van der Waals surface area contributed by atoms with Crippen LogP contribution in [-0.4, -0.2) is 68.4 Å². The number of esters is 1. The Labute approximate surface area is 224 Å². The number of hydrogen-bond donors (Lipinski definition) is 3. The second-order valence-corrected chi connectivity index (χ2v) is 10.5. The molecule has 2 saturated heterocycles. The van der Waals surface area contributed by atoms with Gasteiger partial charge in [-0.2, -0.15) is 0 Å². The number of Topliss-reactive ketones (excluding diaryl/α,β-unsaturated/α-hetero) is 2. The largest absolute Gasteiger partial charge is 0.507 e. The molecule has 0 radical (unpaired) electrons. The molecule has 3 heterocycles. The van der Waals surface area contributed by atoms with Crippen molar-refractivity contribution in [1.29, 1.82) is 0 Å². The SMILES string of the molecule is CCC[C@@H]1C(=O)OC2c3cc(C)cc(O)c3C3=C(C(=O)c4c(OC5CC(O)C(O)C(C)O5)cccc4C3=O)N21. The number of hydrogen-bond acceptors (Lipinski definition) is 10. The molecular weight excluding hydrogens is 506 g/mol. The molecule has 6 atom stereocenters. The third-order valence-electron chi connectivity index (χ3n) is 7.83. The molecule has 0 saturated carbocycles. The fourth-order valence-electron chi connectivity index (χ4n) is 6.05. The molecule has 6 rings (SSSR count). The van der Waals surface area contributed by atoms with E-state index in [0.29, 0.717) is 24.0 Å². The Balaban J connectivity index is 1.51. The average molecular weight is 536 g/mol. The van der Waals surface area contributed by atoms with Crippen molar-refractivity contribution in [3.05, 3.63) is 63.8 Å². The van der Waals surface area contributed by atoms with Crippen LogP contribution in [0.1, 0.15) is 76.7 Å². The van der Waals surface area contributed by atoms with E-state index in [1.54, 1.807) is 30.9 Å². The Morgan fingerprint density at radius 2 is 1.87 bits per heavy atom. The lowest BCUT2D eigenvalue weighted by Gasteiger charge is -2.39. The molecule has 204 valence electrons. The highest BCUT2D eigenvalue weighted by Crippen LogP contribution is 2.52. The van der Waals surface area contributed by atoms with E-state index < -0.39 is 54.4 Å². The van der Waals surface area contributed by atoms with Gasteiger partial charge in [0.15, 0.2) is 5.78 Å². The Bertz CT molecular complexity index is 1430. The molecule has 0 aromatic heterocycles. The number of benzene rings is 2. The van der Waals surface area contributed by atoms with Crippen LogP contribution in [0.15, 0.2) is 36.0 Å². The van der Waals surface area contributed by atoms with Gasteiger partial charge in [0.05, 0.1) is 23.3 Å². The minimum absolute atomic E-state index is 0.00140. The number of aryl methyl sites for hydroxylation is 1. The number of aromatic hydroxyl groups is 1. The summed E-state index contributed by atoms with van der Waals surface area (Å²) in [6, 6.07) is 7.10. The van der Waals surface area contributed by atoms with Gasteiger partial charge in [-0.3, -0.25) is 9.59 Å². The van der Waals surface area contributed by atoms with E-state index in [2.05, 4.69) is 0 Å². The summed E-state index contributed by atoms with van der Waals surface area (Å²) in [4.78, 5) is 43.0. The van der Waals surface area contributed by atoms with Gasteiger partial charge in [0, 0.05) is 23.1 Å². The zero-order valence-electron chi connectivity index (χ0n) is 21.7. The summed E-state index contributed by atoms with van der Waals surface area (Å²) in [6.07, 6.45) is -3.83. The monoisotopic (exact) mass is 535 g/mol. The van der Waals surface area contributed by atoms with Gasteiger partial charge in [0.1, 0.15) is 29.3 Å². The lowest BCUT2D eigenvalue weighted by molar-refractivity contribution is -0.216. The highest BCUT2D eigenvalue weighted by molar-refractivity contribution is 6.41. The van der Waals surface area contributed by atoms with Crippen molar-refractivity contribution in [2.24, 2.45) is 0 Å². The fraction of sp³-hybridized carbons (Fsp3) is 0.414. The summed E-state index contributed by atoms with van der Waals surface area (Å²) >= 11 is 0. The van der Waals surface area contributed by atoms with E-state index in [0.717, 1.165) is 0 Å². The molecule has 4 aliphatic rings. The van der Waals surface area contributed by atoms with Gasteiger partial charge in [-0.1, -0.05) is 25.5 Å². The fourth-order valence-corrected chi connectivity index (χ4v) is 6.05. The van der Waals surface area contributed by atoms with Gasteiger partial charge in [-0.05, 0) is 44.0 Å². The molecule has 2 aromatic rings. The molecule has 3 aliphatic heterocycles. The Morgan fingerprint density at radius 1 is 1.10 bits per heavy atom. The molecule has 10 nitrogen and oxygen atoms in total. The maximum absolute atomic E-state index is 14.3. The standard InChI is InChI=1S/C29H29NO9/c1-4-6-16-29(36)39-28-15-9-12(2)10-17(31)21(15)23-24(30(16)28)27(35)22-14(26(23)34)7-5-8-19(22)38-20-11-18(32)25(33)13(3)37-20/h5,7-10,13,16,18,20,25,28,31-33H,4,6,11H2,1-3H3/t13?,16-,18?,20?,25?,28?/m1/s1. The van der Waals surface area contributed by atoms with Gasteiger partial charge in [-0.25, -0.2) is 4.79 Å². The van der Waals surface area contributed by atoms with Gasteiger partial charge < -0.3 is 34.4 Å². The van der Waals surface area contributed by atoms with Crippen molar-refractivity contribution >= 4 is 23.1 Å². The second-order valence-electron chi connectivity index (χ2n) is 10.5. The van der Waals surface area contributed by atoms with Crippen LogP contribution in [0.25, 0.3) is 5.57 Å². The molecule has 2 fully saturated rings. The number of carbonyl (C=O) groups excluding carboxylic acids is 3. The first-order chi connectivity index (χ1) is 18.6. The zero-order valence-corrected chi connectivity index (χ0v) is 21.7. The Hall–Kier alpha value is -3.73. The first kappa shape index (κ1) is 25.5. The summed E-state index contributed by atoms with van der Waals surface area (Å²) in [6.45, 7) is 5.29. The van der Waals surface area contributed by atoms with Crippen molar-refractivity contribution in [1.82, 2.24) is 4.90 Å². The average Bonchev–Trinajstić information content (AvgIpc) is 3.21. The van der Waals surface area contributed by atoms with Crippen LogP contribution in [0.4, 0.5) is 0 Å². The van der Waals surface area contributed by atoms with Crippen LogP contribution < -0.4 is 4.74 Å². The normalized spacial score (nSPS) is 29.5. The number of allylic oxidation sites excluding steroid dienone is 2. The van der Waals surface area contributed by atoms with Crippen molar-refractivity contribution in [3.63, 3.8) is 0 Å². The zero-order chi connectivity index (χ0) is 27.7. The summed E-state index contributed by atoms with van der Waals surface area (Å²) in [5.41, 5.74) is 1.44. The van der Waals surface area contributed by atoms with Crippen LogP contribution >= 0.6 is 0 Å². The maximum Gasteiger partial charge on any atom is 0.331 e. The number of aliphatic hydroxyl groups is 2. The Morgan fingerprint density at radius 3 is 2.59 bits per heavy atom. The van der Waals surface area contributed by atoms with E-state index in [9.17, 15) is 29.7 Å². The molecule has 5 unspecified atom stereocenters. The van der Waals surface area contributed by atoms with E-state index in [-0.39, 0.29) is 45.9 Å². The van der Waals surface area contributed by atoms with Gasteiger partial charge in [0.25, 0.3) is 0 Å². The molecule has 10 heteroatoms. The summed E-state index contributed by atoms with van der Waals surface area (Å²) < 4.78 is 17.4. The summed E-state index contributed by atoms with van der Waals surface area (Å²) in [5.74, 6) is -1.65. The Kier molecular flexibility index (Phi) is 6.01. The minimum Gasteiger partial charge on any atom is -0.507 e. The van der Waals surface area contributed by atoms with E-state index in [4.69, 9.17) is 14.2 Å². The molecule has 0 bridgehead atoms. The molecule has 1 aliphatic carbocycles. The van der Waals surface area contributed by atoms with Crippen molar-refractivity contribution in [3.8, 4) is 11.5 Å². The predicted octanol–water partition coefficient (Wildman–Crippen LogP) is 2.77. The molecule has 3 N–H and O–H groups in total. The van der Waals surface area contributed by atoms with Gasteiger partial charge >= 0.3 is 5.97 Å². The number of phenolic OH excluding ortho intramolecular Hbond substituents is 1. The first-order valence-corrected chi connectivity index (χ1v) is 13.1. The number of ketones is 2. The lowest BCUT2D eigenvalue weighted by atomic mass is 9.78. The van der Waals surface area contributed by atoms with E-state index in [1.807, 2.05) is 6.92 Å². The maximum atomic E-state index is 14.3. The minimum atomic E-state index is -1.09. The number of phenols is 1. The summed E-state index contributed by atoms with van der Waals surface area (Å²) in [7, 11) is 0. The second kappa shape index (κ2) is 9.18. The topological polar surface area (TPSA) is 143 Å². The first-order valence-electron chi connectivity index (χ1n) is 13.1. The van der Waals surface area contributed by atoms with Crippen molar-refractivity contribution < 1.29 is 43.9 Å². The van der Waals surface area contributed by atoms with Crippen LogP contribution in [0.5, 0.6) is 11.5 Å². The number of nitrogens with zero attached hydrogens (tertiary/aromatic N) is 1. The smallest absolute Gasteiger partial charge is 0.331 e. The lowest BCUT2D eigenvalue weighted by Crippen LogP contribution is -2.48. The predicted molar refractivity (Wildman–Crippen MR) is 136 cm³/mol. The van der Waals surface area contributed by atoms with Gasteiger partial charge in [-0.15, -0.1) is 0 Å². The van der Waals surface area contributed by atoms with Crippen LogP contribution in [0, 0.1) is 6.92 Å². The van der Waals surface area contributed by atoms with Crippen LogP contribution in [0.3, 0.4) is 0 Å². The van der Waals surface area contributed by atoms with Gasteiger partial charge in [0.2, 0.25) is 18.3 Å². The molecule has 2 aromatic carbocycles. The highest BCUT2D eigenvalue weighted by atomic mass is 16.7. The summed E-state index contributed by atoms with van der Waals surface area (Å²) in [5, 5.41) is 31.2. The molecule has 0 amide bonds. The number of aliphatic hydroxyl groups excluding tert-OH is 2. The molecular formula is C29H29NO9. The molecule has 0 spiro atoms. The number of carbonyl (C=O) groups is 3. The van der Waals surface area contributed by atoms with Crippen LogP contribution in [0.2, 0.25) is 0 Å². The quantitative estimate of drug-likeness (QED) is 0.500. The number of rotatable bonds is 4. The highest BCUT2D eigenvalue weighted by Gasteiger charge is 2.53. The number of ether oxygens (including phenoxy) is 3.